The Balaban J connectivity index is 2.36. The summed E-state index contributed by atoms with van der Waals surface area (Å²) in [5.41, 5.74) is 0.814. The predicted octanol–water partition coefficient (Wildman–Crippen LogP) is -0.487. The van der Waals surface area contributed by atoms with Gasteiger partial charge in [0.25, 0.3) is 0 Å². The van der Waals surface area contributed by atoms with Gasteiger partial charge in [0.1, 0.15) is 5.69 Å². The second kappa shape index (κ2) is 5.51. The summed E-state index contributed by atoms with van der Waals surface area (Å²) in [5.74, 6) is -1.32. The van der Waals surface area contributed by atoms with Crippen molar-refractivity contribution in [1.82, 2.24) is 29.9 Å². The van der Waals surface area contributed by atoms with Gasteiger partial charge in [-0.3, -0.25) is 4.79 Å². The Hall–Kier alpha value is -2.71. The topological polar surface area (TPSA) is 115 Å². The lowest BCUT2D eigenvalue weighted by molar-refractivity contribution is -0.119. The molecule has 106 valence electrons. The molecule has 9 heteroatoms. The van der Waals surface area contributed by atoms with E-state index in [1.165, 1.54) is 11.6 Å². The number of aromatic carboxylic acids is 1. The van der Waals surface area contributed by atoms with Gasteiger partial charge in [0, 0.05) is 20.5 Å². The maximum Gasteiger partial charge on any atom is 0.358 e. The van der Waals surface area contributed by atoms with Crippen LogP contribution in [-0.4, -0.2) is 48.1 Å². The maximum atomic E-state index is 11.2. The molecule has 2 rings (SSSR count). The van der Waals surface area contributed by atoms with Gasteiger partial charge in [0.2, 0.25) is 5.91 Å². The molecule has 2 heterocycles. The number of aryl methyl sites for hydroxylation is 1. The van der Waals surface area contributed by atoms with Crippen LogP contribution in [0.4, 0.5) is 0 Å². The summed E-state index contributed by atoms with van der Waals surface area (Å²) in [5, 5.41) is 19.3. The van der Waals surface area contributed by atoms with Crippen LogP contribution in [0.25, 0.3) is 11.4 Å². The van der Waals surface area contributed by atoms with Gasteiger partial charge in [-0.1, -0.05) is 5.21 Å². The molecule has 0 saturated carbocycles. The van der Waals surface area contributed by atoms with Gasteiger partial charge in [-0.25, -0.2) is 14.5 Å². The standard InChI is InChI=1S/C11H14N6O3/c1-7(18)13-3-4-17-10(8-5-12-6-16(8)2)9(11(19)20)14-15-17/h5-6H,3-4H2,1-2H3,(H,13,18)(H,19,20). The number of carboxylic acids is 1. The highest BCUT2D eigenvalue weighted by Gasteiger charge is 2.22. The van der Waals surface area contributed by atoms with E-state index in [-0.39, 0.29) is 11.6 Å². The van der Waals surface area contributed by atoms with Crippen molar-refractivity contribution in [2.75, 3.05) is 6.54 Å². The minimum atomic E-state index is -1.16. The van der Waals surface area contributed by atoms with Crippen molar-refractivity contribution in [1.29, 1.82) is 0 Å². The van der Waals surface area contributed by atoms with E-state index in [0.717, 1.165) is 0 Å². The zero-order valence-electron chi connectivity index (χ0n) is 11.1. The number of carbonyl (C=O) groups excluding carboxylic acids is 1. The van der Waals surface area contributed by atoms with Crippen LogP contribution in [0.3, 0.4) is 0 Å². The number of amides is 1. The Morgan fingerprint density at radius 3 is 2.75 bits per heavy atom. The molecule has 0 bridgehead atoms. The molecule has 2 N–H and O–H groups in total. The molecule has 2 aromatic rings. The van der Waals surface area contributed by atoms with E-state index in [9.17, 15) is 9.59 Å². The van der Waals surface area contributed by atoms with E-state index in [0.29, 0.717) is 24.5 Å². The Morgan fingerprint density at radius 1 is 1.45 bits per heavy atom. The first kappa shape index (κ1) is 13.7. The third-order valence-electron chi connectivity index (χ3n) is 2.69. The van der Waals surface area contributed by atoms with Crippen LogP contribution in [0.15, 0.2) is 12.5 Å². The number of nitrogens with one attached hydrogen (secondary N) is 1. The van der Waals surface area contributed by atoms with Gasteiger partial charge in [-0.15, -0.1) is 5.10 Å². The molecular formula is C11H14N6O3. The van der Waals surface area contributed by atoms with Crippen molar-refractivity contribution in [3.8, 4) is 11.4 Å². The molecule has 0 fully saturated rings. The van der Waals surface area contributed by atoms with Crippen molar-refractivity contribution < 1.29 is 14.7 Å². The SMILES string of the molecule is CC(=O)NCCn1nnc(C(=O)O)c1-c1cncn1C. The average Bonchev–Trinajstić information content (AvgIpc) is 2.94. The number of hydrogen-bond acceptors (Lipinski definition) is 5. The minimum Gasteiger partial charge on any atom is -0.476 e. The molecule has 0 aliphatic rings. The van der Waals surface area contributed by atoms with Crippen LogP contribution in [-0.2, 0) is 18.4 Å². The minimum absolute atomic E-state index is 0.142. The number of hydrogen-bond donors (Lipinski definition) is 2. The molecule has 0 atom stereocenters. The molecule has 20 heavy (non-hydrogen) atoms. The molecule has 0 spiro atoms. The van der Waals surface area contributed by atoms with E-state index >= 15 is 0 Å². The number of imidazole rings is 1. The molecular weight excluding hydrogens is 264 g/mol. The van der Waals surface area contributed by atoms with Crippen molar-refractivity contribution in [2.45, 2.75) is 13.5 Å². The normalized spacial score (nSPS) is 10.5. The van der Waals surface area contributed by atoms with E-state index < -0.39 is 5.97 Å². The van der Waals surface area contributed by atoms with Crippen LogP contribution < -0.4 is 5.32 Å². The molecule has 0 unspecified atom stereocenters. The first-order chi connectivity index (χ1) is 9.50. The van der Waals surface area contributed by atoms with Crippen LogP contribution in [0.1, 0.15) is 17.4 Å². The number of nitrogens with zero attached hydrogens (tertiary/aromatic N) is 5. The lowest BCUT2D eigenvalue weighted by Gasteiger charge is -2.07. The van der Waals surface area contributed by atoms with Crippen molar-refractivity contribution in [3.05, 3.63) is 18.2 Å². The molecule has 9 nitrogen and oxygen atoms in total. The van der Waals surface area contributed by atoms with Gasteiger partial charge in [0.05, 0.1) is 24.8 Å². The first-order valence-electron chi connectivity index (χ1n) is 5.88. The quantitative estimate of drug-likeness (QED) is 0.762. The summed E-state index contributed by atoms with van der Waals surface area (Å²) in [4.78, 5) is 26.0. The highest BCUT2D eigenvalue weighted by molar-refractivity contribution is 5.92. The van der Waals surface area contributed by atoms with Gasteiger partial charge in [-0.2, -0.15) is 0 Å². The van der Waals surface area contributed by atoms with Gasteiger partial charge in [0.15, 0.2) is 5.69 Å². The van der Waals surface area contributed by atoms with E-state index in [1.54, 1.807) is 24.1 Å². The predicted molar refractivity (Wildman–Crippen MR) is 67.9 cm³/mol. The summed E-state index contributed by atoms with van der Waals surface area (Å²) in [6, 6.07) is 0. The number of carbonyl (C=O) groups is 2. The number of rotatable bonds is 5. The van der Waals surface area contributed by atoms with Crippen LogP contribution >= 0.6 is 0 Å². The number of aromatic nitrogens is 5. The Morgan fingerprint density at radius 2 is 2.20 bits per heavy atom. The Labute approximate surface area is 114 Å². The van der Waals surface area contributed by atoms with E-state index in [2.05, 4.69) is 20.6 Å². The van der Waals surface area contributed by atoms with Crippen molar-refractivity contribution in [3.63, 3.8) is 0 Å². The van der Waals surface area contributed by atoms with Crippen molar-refractivity contribution in [2.24, 2.45) is 7.05 Å². The monoisotopic (exact) mass is 278 g/mol. The third-order valence-corrected chi connectivity index (χ3v) is 2.69. The van der Waals surface area contributed by atoms with Gasteiger partial charge >= 0.3 is 5.97 Å². The van der Waals surface area contributed by atoms with Crippen LogP contribution in [0.2, 0.25) is 0 Å². The van der Waals surface area contributed by atoms with Crippen LogP contribution in [0.5, 0.6) is 0 Å². The largest absolute Gasteiger partial charge is 0.476 e. The summed E-state index contributed by atoms with van der Waals surface area (Å²) in [6.07, 6.45) is 3.10. The second-order valence-corrected chi connectivity index (χ2v) is 4.19. The molecule has 0 radical (unpaired) electrons. The zero-order chi connectivity index (χ0) is 14.7. The number of carboxylic acid groups (broad SMARTS) is 1. The van der Waals surface area contributed by atoms with Crippen LogP contribution in [0, 0.1) is 0 Å². The Bertz CT molecular complexity index is 644. The lowest BCUT2D eigenvalue weighted by atomic mass is 10.2. The molecule has 1 amide bonds. The smallest absolute Gasteiger partial charge is 0.358 e. The first-order valence-corrected chi connectivity index (χ1v) is 5.88. The van der Waals surface area contributed by atoms with Gasteiger partial charge in [-0.05, 0) is 0 Å². The maximum absolute atomic E-state index is 11.2. The fourth-order valence-electron chi connectivity index (χ4n) is 1.79. The fourth-order valence-corrected chi connectivity index (χ4v) is 1.79. The van der Waals surface area contributed by atoms with Crippen molar-refractivity contribution >= 4 is 11.9 Å². The summed E-state index contributed by atoms with van der Waals surface area (Å²) < 4.78 is 3.12. The third kappa shape index (κ3) is 2.66. The molecule has 0 aromatic carbocycles. The van der Waals surface area contributed by atoms with Gasteiger partial charge < -0.3 is 15.0 Å². The molecule has 0 aliphatic carbocycles. The molecule has 0 saturated heterocycles. The lowest BCUT2D eigenvalue weighted by Crippen LogP contribution is -2.25. The zero-order valence-corrected chi connectivity index (χ0v) is 11.1. The Kier molecular flexibility index (Phi) is 3.78. The summed E-state index contributed by atoms with van der Waals surface area (Å²) >= 11 is 0. The highest BCUT2D eigenvalue weighted by atomic mass is 16.4. The second-order valence-electron chi connectivity index (χ2n) is 4.19. The van der Waals surface area contributed by atoms with E-state index in [1.807, 2.05) is 0 Å². The average molecular weight is 278 g/mol. The molecule has 0 aliphatic heterocycles. The fraction of sp³-hybridized carbons (Fsp3) is 0.364. The summed E-state index contributed by atoms with van der Waals surface area (Å²) in [6.45, 7) is 2.06. The summed E-state index contributed by atoms with van der Waals surface area (Å²) in [7, 11) is 1.75. The molecule has 2 aromatic heterocycles. The highest BCUT2D eigenvalue weighted by Crippen LogP contribution is 2.21. The van der Waals surface area contributed by atoms with E-state index in [4.69, 9.17) is 5.11 Å².